The maximum Gasteiger partial charge on any atom is 0.0693 e. The third kappa shape index (κ3) is 3.33. The van der Waals surface area contributed by atoms with Gasteiger partial charge in [-0.1, -0.05) is 43.5 Å². The van der Waals surface area contributed by atoms with Crippen molar-refractivity contribution in [3.05, 3.63) is 35.4 Å². The van der Waals surface area contributed by atoms with Gasteiger partial charge in [-0.25, -0.2) is 0 Å². The Kier molecular flexibility index (Phi) is 4.79. The van der Waals surface area contributed by atoms with E-state index < -0.39 is 0 Å². The Bertz CT molecular complexity index is 377. The van der Waals surface area contributed by atoms with Gasteiger partial charge in [0.1, 0.15) is 0 Å². The van der Waals surface area contributed by atoms with E-state index in [4.69, 9.17) is 0 Å². The molecule has 100 valence electrons. The SMILES string of the molecule is Cc1ccccc1C(C)NC1CCCCCC1O. The van der Waals surface area contributed by atoms with Gasteiger partial charge in [-0.05, 0) is 37.8 Å². The van der Waals surface area contributed by atoms with Gasteiger partial charge >= 0.3 is 0 Å². The van der Waals surface area contributed by atoms with Crippen LogP contribution in [-0.2, 0) is 0 Å². The Morgan fingerprint density at radius 2 is 1.89 bits per heavy atom. The third-order valence-corrected chi connectivity index (χ3v) is 4.10. The van der Waals surface area contributed by atoms with Crippen LogP contribution in [0.15, 0.2) is 24.3 Å². The van der Waals surface area contributed by atoms with Gasteiger partial charge < -0.3 is 10.4 Å². The molecule has 2 N–H and O–H groups in total. The molecule has 0 radical (unpaired) electrons. The third-order valence-electron chi connectivity index (χ3n) is 4.10. The number of aliphatic hydroxyl groups is 1. The first-order chi connectivity index (χ1) is 8.68. The van der Waals surface area contributed by atoms with E-state index in [1.54, 1.807) is 0 Å². The first kappa shape index (κ1) is 13.6. The van der Waals surface area contributed by atoms with E-state index in [2.05, 4.69) is 43.4 Å². The maximum absolute atomic E-state index is 10.2. The summed E-state index contributed by atoms with van der Waals surface area (Å²) in [6, 6.07) is 9.05. The molecule has 1 aromatic carbocycles. The number of hydrogen-bond acceptors (Lipinski definition) is 2. The molecule has 0 saturated heterocycles. The number of aliphatic hydroxyl groups excluding tert-OH is 1. The molecule has 0 bridgehead atoms. The molecule has 1 aliphatic carbocycles. The standard InChI is InChI=1S/C16H25NO/c1-12-8-6-7-9-14(12)13(2)17-15-10-4-3-5-11-16(15)18/h6-9,13,15-18H,3-5,10-11H2,1-2H3. The van der Waals surface area contributed by atoms with Gasteiger partial charge in [0, 0.05) is 12.1 Å². The second-order valence-corrected chi connectivity index (χ2v) is 5.56. The molecule has 0 heterocycles. The molecule has 1 aromatic rings. The molecule has 1 saturated carbocycles. The number of benzene rings is 1. The van der Waals surface area contributed by atoms with Crippen molar-refractivity contribution in [3.8, 4) is 0 Å². The van der Waals surface area contributed by atoms with Gasteiger partial charge in [-0.3, -0.25) is 0 Å². The second kappa shape index (κ2) is 6.35. The lowest BCUT2D eigenvalue weighted by atomic mass is 9.99. The van der Waals surface area contributed by atoms with E-state index in [0.29, 0.717) is 6.04 Å². The van der Waals surface area contributed by atoms with Crippen LogP contribution >= 0.6 is 0 Å². The maximum atomic E-state index is 10.2. The van der Waals surface area contributed by atoms with E-state index in [0.717, 1.165) is 19.3 Å². The first-order valence-electron chi connectivity index (χ1n) is 7.18. The van der Waals surface area contributed by atoms with Crippen LogP contribution in [-0.4, -0.2) is 17.3 Å². The normalized spacial score (nSPS) is 26.6. The Balaban J connectivity index is 2.02. The van der Waals surface area contributed by atoms with E-state index in [1.165, 1.54) is 24.0 Å². The summed E-state index contributed by atoms with van der Waals surface area (Å²) in [4.78, 5) is 0. The molecule has 0 aromatic heterocycles. The average molecular weight is 247 g/mol. The molecule has 0 aliphatic heterocycles. The Hall–Kier alpha value is -0.860. The molecule has 3 unspecified atom stereocenters. The van der Waals surface area contributed by atoms with Gasteiger partial charge in [0.25, 0.3) is 0 Å². The molecular formula is C16H25NO. The highest BCUT2D eigenvalue weighted by atomic mass is 16.3. The summed E-state index contributed by atoms with van der Waals surface area (Å²) in [7, 11) is 0. The molecule has 0 amide bonds. The van der Waals surface area contributed by atoms with Crippen LogP contribution in [0.4, 0.5) is 0 Å². The van der Waals surface area contributed by atoms with Crippen LogP contribution < -0.4 is 5.32 Å². The van der Waals surface area contributed by atoms with Gasteiger partial charge in [0.15, 0.2) is 0 Å². The van der Waals surface area contributed by atoms with Crippen LogP contribution in [0, 0.1) is 6.92 Å². The van der Waals surface area contributed by atoms with E-state index in [9.17, 15) is 5.11 Å². The molecule has 3 atom stereocenters. The summed E-state index contributed by atoms with van der Waals surface area (Å²) < 4.78 is 0. The smallest absolute Gasteiger partial charge is 0.0693 e. The summed E-state index contributed by atoms with van der Waals surface area (Å²) in [5.74, 6) is 0. The molecule has 18 heavy (non-hydrogen) atoms. The second-order valence-electron chi connectivity index (χ2n) is 5.56. The minimum absolute atomic E-state index is 0.182. The Labute approximate surface area is 110 Å². The molecule has 2 heteroatoms. The zero-order valence-electron chi connectivity index (χ0n) is 11.5. The van der Waals surface area contributed by atoms with Crippen LogP contribution in [0.2, 0.25) is 0 Å². The number of rotatable bonds is 3. The summed E-state index contributed by atoms with van der Waals surface area (Å²) in [5.41, 5.74) is 2.66. The van der Waals surface area contributed by atoms with Crippen molar-refractivity contribution < 1.29 is 5.11 Å². The Morgan fingerprint density at radius 3 is 2.67 bits per heavy atom. The van der Waals surface area contributed by atoms with Crippen LogP contribution in [0.25, 0.3) is 0 Å². The molecule has 2 nitrogen and oxygen atoms in total. The molecule has 0 spiro atoms. The van der Waals surface area contributed by atoms with Gasteiger partial charge in [0.05, 0.1) is 6.10 Å². The summed E-state index contributed by atoms with van der Waals surface area (Å²) in [5, 5.41) is 13.8. The first-order valence-corrected chi connectivity index (χ1v) is 7.18. The predicted molar refractivity (Wildman–Crippen MR) is 75.6 cm³/mol. The van der Waals surface area contributed by atoms with Crippen molar-refractivity contribution in [1.29, 1.82) is 0 Å². The van der Waals surface area contributed by atoms with Crippen LogP contribution in [0.3, 0.4) is 0 Å². The van der Waals surface area contributed by atoms with Gasteiger partial charge in [-0.15, -0.1) is 0 Å². The highest BCUT2D eigenvalue weighted by Gasteiger charge is 2.23. The van der Waals surface area contributed by atoms with Crippen molar-refractivity contribution in [1.82, 2.24) is 5.32 Å². The highest BCUT2D eigenvalue weighted by molar-refractivity contribution is 5.28. The van der Waals surface area contributed by atoms with E-state index in [1.807, 2.05) is 0 Å². The zero-order valence-corrected chi connectivity index (χ0v) is 11.5. The summed E-state index contributed by atoms with van der Waals surface area (Å²) in [6.07, 6.45) is 5.51. The fourth-order valence-electron chi connectivity index (χ4n) is 2.97. The largest absolute Gasteiger partial charge is 0.392 e. The monoisotopic (exact) mass is 247 g/mol. The lowest BCUT2D eigenvalue weighted by Crippen LogP contribution is -2.40. The minimum atomic E-state index is -0.182. The van der Waals surface area contributed by atoms with Crippen molar-refractivity contribution in [2.75, 3.05) is 0 Å². The fraction of sp³-hybridized carbons (Fsp3) is 0.625. The van der Waals surface area contributed by atoms with Crippen molar-refractivity contribution in [3.63, 3.8) is 0 Å². The lowest BCUT2D eigenvalue weighted by Gasteiger charge is -2.27. The lowest BCUT2D eigenvalue weighted by molar-refractivity contribution is 0.115. The van der Waals surface area contributed by atoms with Gasteiger partial charge in [-0.2, -0.15) is 0 Å². The summed E-state index contributed by atoms with van der Waals surface area (Å²) >= 11 is 0. The number of aryl methyl sites for hydroxylation is 1. The Morgan fingerprint density at radius 1 is 1.17 bits per heavy atom. The summed E-state index contributed by atoms with van der Waals surface area (Å²) in [6.45, 7) is 4.34. The average Bonchev–Trinajstić information content (AvgIpc) is 2.55. The zero-order chi connectivity index (χ0) is 13.0. The van der Waals surface area contributed by atoms with E-state index >= 15 is 0 Å². The molecule has 1 aliphatic rings. The van der Waals surface area contributed by atoms with Gasteiger partial charge in [0.2, 0.25) is 0 Å². The molecular weight excluding hydrogens is 222 g/mol. The molecule has 2 rings (SSSR count). The molecule has 1 fully saturated rings. The quantitative estimate of drug-likeness (QED) is 0.803. The van der Waals surface area contributed by atoms with Crippen molar-refractivity contribution in [2.45, 2.75) is 64.1 Å². The fourth-order valence-corrected chi connectivity index (χ4v) is 2.97. The van der Waals surface area contributed by atoms with Crippen molar-refractivity contribution in [2.24, 2.45) is 0 Å². The highest BCUT2D eigenvalue weighted by Crippen LogP contribution is 2.23. The number of hydrogen-bond donors (Lipinski definition) is 2. The number of nitrogens with one attached hydrogen (secondary N) is 1. The topological polar surface area (TPSA) is 32.3 Å². The minimum Gasteiger partial charge on any atom is -0.392 e. The van der Waals surface area contributed by atoms with Crippen molar-refractivity contribution >= 4 is 0 Å². The van der Waals surface area contributed by atoms with Crippen LogP contribution in [0.1, 0.15) is 56.2 Å². The van der Waals surface area contributed by atoms with E-state index in [-0.39, 0.29) is 12.1 Å². The van der Waals surface area contributed by atoms with Crippen LogP contribution in [0.5, 0.6) is 0 Å². The predicted octanol–water partition coefficient (Wildman–Crippen LogP) is 3.34.